The third-order valence-electron chi connectivity index (χ3n) is 25.8. The number of aromatic hydroxyl groups is 1. The summed E-state index contributed by atoms with van der Waals surface area (Å²) in [6.07, 6.45) is 2.15. The van der Waals surface area contributed by atoms with E-state index < -0.39 is 23.8 Å². The molecule has 6 aliphatic heterocycles. The van der Waals surface area contributed by atoms with Gasteiger partial charge < -0.3 is 81.1 Å². The molecule has 6 aromatic heterocycles. The van der Waals surface area contributed by atoms with E-state index in [1.165, 1.54) is 95.5 Å². The van der Waals surface area contributed by atoms with Crippen molar-refractivity contribution in [1.82, 2.24) is 61.8 Å². The molecule has 131 heavy (non-hydrogen) atoms. The minimum atomic E-state index is -4.35. The standard InChI is InChI=1S/C19H17BrN2O3.C19H20ClN3.C18H14ClF3N2.C18H17ClN2O.C17H15ClN2O.C13H15ClN2/c1-25-12-5-2-10(3-6-12)17-18-14(9-16(22-17)19(23)24)13-8-11(20)4-7-15(13)21-18;1-23(2)14-6-3-12(4-7-14)18-19-15(9-10-21-18)16-11-13(20)5-8-17(16)22-19;19-12-4-5-15-14(9-12)13-6-7-23-16(17(13)24-15)10-2-1-3-11(8-10)18(20,21)22;1-22-16-5-3-2-4-13(16)17-18-12(8-9-20-17)14-10-11(19)6-7-15(14)21-18;18-11-3-6-15-14(9-11)13-7-8-19-16(17(13)20-15)10-1-4-12(21)5-2-10;1-2-11-13-9(5-6-15-11)10-7-8(14)3-4-12(10)16-13/h2-8,16-17,21-22H,9H2,1H3,(H,23,24);3-8,11,18,21-22H,9-10H2,1-2H3;1-5,8-9,16,23-24H,6-7H2;2-7,10,17,20-21H,8-9H2,1H3;1-6,9,16,19-21H,7-8H2;3-4,7,11,15-16H,2,5-6H2,1H3. The summed E-state index contributed by atoms with van der Waals surface area (Å²) in [5.74, 6) is 1.13. The molecule has 0 saturated heterocycles. The van der Waals surface area contributed by atoms with Crippen molar-refractivity contribution in [2.45, 2.75) is 100 Å². The van der Waals surface area contributed by atoms with E-state index in [-0.39, 0.29) is 30.2 Å². The topological polar surface area (TPSA) is 246 Å². The highest BCUT2D eigenvalue weighted by Gasteiger charge is 2.37. The van der Waals surface area contributed by atoms with Crippen LogP contribution in [0.5, 0.6) is 17.2 Å². The lowest BCUT2D eigenvalue weighted by Crippen LogP contribution is -2.44. The van der Waals surface area contributed by atoms with Crippen LogP contribution in [0.3, 0.4) is 0 Å². The Bertz CT molecular complexity index is 7050. The van der Waals surface area contributed by atoms with Gasteiger partial charge in [-0.1, -0.05) is 148 Å². The first kappa shape index (κ1) is 90.4. The van der Waals surface area contributed by atoms with Crippen molar-refractivity contribution < 1.29 is 37.7 Å². The minimum absolute atomic E-state index is 0.117. The maximum Gasteiger partial charge on any atom is 0.416 e. The summed E-state index contributed by atoms with van der Waals surface area (Å²) in [5, 5.41) is 50.8. The second-order valence-corrected chi connectivity index (χ2v) is 37.0. The van der Waals surface area contributed by atoms with Gasteiger partial charge in [-0.3, -0.25) is 10.1 Å². The van der Waals surface area contributed by atoms with Crippen LogP contribution in [0.4, 0.5) is 18.9 Å². The summed E-state index contributed by atoms with van der Waals surface area (Å²) < 4.78 is 50.7. The molecule has 12 heterocycles. The molecule has 7 atom stereocenters. The number of hydrogen-bond donors (Lipinski definition) is 14. The number of nitrogens with zero attached hydrogens (tertiary/aromatic N) is 1. The molecule has 0 aliphatic carbocycles. The molecule has 23 rings (SSSR count). The maximum absolute atomic E-state index is 13.0. The van der Waals surface area contributed by atoms with Gasteiger partial charge in [-0.2, -0.15) is 13.2 Å². The molecule has 0 saturated carbocycles. The normalized spacial score (nSPS) is 18.3. The molecule has 17 aromatic rings. The van der Waals surface area contributed by atoms with E-state index in [2.05, 4.69) is 170 Å². The number of halogens is 9. The number of hydrogen-bond acceptors (Lipinski definition) is 11. The Morgan fingerprint density at radius 1 is 0.420 bits per heavy atom. The number of H-pyrrole nitrogens is 6. The Balaban J connectivity index is 0.000000106. The van der Waals surface area contributed by atoms with Gasteiger partial charge in [0.05, 0.1) is 50.0 Å². The number of alkyl halides is 3. The molecule has 672 valence electrons. The zero-order valence-electron chi connectivity index (χ0n) is 72.4. The third-order valence-corrected chi connectivity index (χ3v) is 27.4. The molecule has 0 bridgehead atoms. The highest BCUT2D eigenvalue weighted by molar-refractivity contribution is 9.10. The van der Waals surface area contributed by atoms with Crippen molar-refractivity contribution >= 4 is 151 Å². The van der Waals surface area contributed by atoms with Crippen molar-refractivity contribution in [3.63, 3.8) is 0 Å². The van der Waals surface area contributed by atoms with Crippen LogP contribution in [0, 0.1) is 0 Å². The fourth-order valence-electron chi connectivity index (χ4n) is 19.5. The number of carboxylic acid groups (broad SMARTS) is 1. The zero-order chi connectivity index (χ0) is 91.0. The van der Waals surface area contributed by atoms with Crippen molar-refractivity contribution in [1.29, 1.82) is 0 Å². The van der Waals surface area contributed by atoms with Crippen LogP contribution < -0.4 is 46.3 Å². The Morgan fingerprint density at radius 3 is 1.24 bits per heavy atom. The highest BCUT2D eigenvalue weighted by Crippen LogP contribution is 2.44. The van der Waals surface area contributed by atoms with Crippen molar-refractivity contribution in [2.24, 2.45) is 0 Å². The smallest absolute Gasteiger partial charge is 0.416 e. The summed E-state index contributed by atoms with van der Waals surface area (Å²) >= 11 is 34.1. The quantitative estimate of drug-likeness (QED) is 0.0611. The lowest BCUT2D eigenvalue weighted by atomic mass is 9.90. The summed E-state index contributed by atoms with van der Waals surface area (Å²) in [5.41, 5.74) is 27.0. The number of phenolic OH excluding ortho intramolecular Hbond substituents is 1. The summed E-state index contributed by atoms with van der Waals surface area (Å²) in [4.78, 5) is 34.8. The van der Waals surface area contributed by atoms with E-state index in [0.717, 1.165) is 184 Å². The summed E-state index contributed by atoms with van der Waals surface area (Å²) in [7, 11) is 7.47. The number of aromatic amines is 6. The Kier molecular flexibility index (Phi) is 26.9. The van der Waals surface area contributed by atoms with Crippen LogP contribution in [0.1, 0.15) is 151 Å². The first-order chi connectivity index (χ1) is 63.4. The average molecular weight is 1920 g/mol. The van der Waals surface area contributed by atoms with Crippen molar-refractivity contribution in [2.75, 3.05) is 65.9 Å². The van der Waals surface area contributed by atoms with Gasteiger partial charge in [-0.05, 0) is 264 Å². The van der Waals surface area contributed by atoms with Crippen LogP contribution in [-0.2, 0) is 49.5 Å². The number of rotatable bonds is 10. The zero-order valence-corrected chi connectivity index (χ0v) is 77.8. The number of carboxylic acids is 1. The number of para-hydroxylation sites is 1. The maximum atomic E-state index is 13.0. The van der Waals surface area contributed by atoms with Gasteiger partial charge in [0.2, 0.25) is 0 Å². The molecule has 0 amide bonds. The van der Waals surface area contributed by atoms with E-state index in [9.17, 15) is 28.2 Å². The predicted octanol–water partition coefficient (Wildman–Crippen LogP) is 24.1. The Labute approximate surface area is 789 Å². The number of ether oxygens (including phenoxy) is 2. The van der Waals surface area contributed by atoms with E-state index in [1.54, 1.807) is 38.5 Å². The van der Waals surface area contributed by atoms with Gasteiger partial charge in [-0.15, -0.1) is 0 Å². The number of methoxy groups -OCH3 is 2. The average Bonchev–Trinajstić information content (AvgIpc) is 1.59. The van der Waals surface area contributed by atoms with E-state index in [4.69, 9.17) is 67.5 Å². The molecule has 7 unspecified atom stereocenters. The molecule has 14 N–H and O–H groups in total. The SMILES string of the molecule is CCC1NCCc2c1[nH]c1ccc(Cl)cc21.CN(C)c1ccc(C2NCCc3c2[nH]c2ccc(Cl)cc32)cc1.COc1ccc(C2NC(C(=O)O)Cc3c2[nH]c2ccc(Br)cc32)cc1.COc1ccccc1C1NCCc2c1[nH]c1ccc(Cl)cc21.FC(F)(F)c1cccc(C2NCCc3c2[nH]c2ccc(Cl)cc32)c1.Oc1ccc(C2NCCc3c2[nH]c2ccc(Cl)cc32)cc1. The van der Waals surface area contributed by atoms with Gasteiger partial charge >= 0.3 is 12.1 Å². The second-order valence-electron chi connectivity index (χ2n) is 33.9. The number of fused-ring (bicyclic) bond motifs is 18. The lowest BCUT2D eigenvalue weighted by Gasteiger charge is -2.29. The summed E-state index contributed by atoms with van der Waals surface area (Å²) in [6, 6.07) is 73.1. The molecule has 6 aliphatic rings. The van der Waals surface area contributed by atoms with Gasteiger partial charge in [0.1, 0.15) is 23.3 Å². The monoisotopic (exact) mass is 1920 g/mol. The first-order valence-corrected chi connectivity index (χ1v) is 46.6. The van der Waals surface area contributed by atoms with E-state index in [0.29, 0.717) is 35.3 Å². The number of nitrogens with one attached hydrogen (secondary N) is 12. The minimum Gasteiger partial charge on any atom is -0.508 e. The summed E-state index contributed by atoms with van der Waals surface area (Å²) in [6.45, 7) is 6.82. The lowest BCUT2D eigenvalue weighted by molar-refractivity contribution is -0.140. The molecule has 27 heteroatoms. The second kappa shape index (κ2) is 38.9. The van der Waals surface area contributed by atoms with Crippen molar-refractivity contribution in [3.8, 4) is 17.2 Å². The van der Waals surface area contributed by atoms with Crippen LogP contribution >= 0.6 is 73.9 Å². The molecule has 0 fully saturated rings. The third kappa shape index (κ3) is 19.0. The van der Waals surface area contributed by atoms with Gasteiger partial charge in [0.15, 0.2) is 0 Å². The number of phenols is 1. The molecule has 0 spiro atoms. The number of aromatic nitrogens is 6. The molecule has 18 nitrogen and oxygen atoms in total. The van der Waals surface area contributed by atoms with Crippen LogP contribution in [0.15, 0.2) is 235 Å². The predicted molar refractivity (Wildman–Crippen MR) is 528 cm³/mol. The Morgan fingerprint density at radius 2 is 0.802 bits per heavy atom. The highest BCUT2D eigenvalue weighted by atomic mass is 79.9. The number of benzene rings is 11. The fraction of sp³-hybridized carbons (Fsp3) is 0.240. The van der Waals surface area contributed by atoms with Gasteiger partial charge in [0.25, 0.3) is 0 Å². The van der Waals surface area contributed by atoms with Crippen LogP contribution in [0.25, 0.3) is 65.4 Å². The van der Waals surface area contributed by atoms with E-state index >= 15 is 0 Å². The van der Waals surface area contributed by atoms with Gasteiger partial charge in [-0.25, -0.2) is 0 Å². The molecular formula is C104H98BrCl5F3N13O5. The van der Waals surface area contributed by atoms with Crippen LogP contribution in [-0.4, -0.2) is 113 Å². The number of anilines is 1. The molecular weight excluding hydrogens is 1830 g/mol. The van der Waals surface area contributed by atoms with Gasteiger partial charge in [0, 0.05) is 193 Å². The van der Waals surface area contributed by atoms with E-state index in [1.807, 2.05) is 121 Å². The molecule has 0 radical (unpaired) electrons. The fourth-order valence-corrected chi connectivity index (χ4v) is 20.7. The Hall–Kier alpha value is -11.2. The largest absolute Gasteiger partial charge is 0.508 e. The van der Waals surface area contributed by atoms with Crippen molar-refractivity contribution in [3.05, 3.63) is 361 Å². The van der Waals surface area contributed by atoms with Crippen LogP contribution in [0.2, 0.25) is 25.1 Å². The number of carbonyl (C=O) groups is 1. The number of aliphatic carboxylic acids is 1. The first-order valence-electron chi connectivity index (χ1n) is 43.9. The molecule has 11 aromatic carbocycles.